The number of nitrogens with one attached hydrogen (secondary N) is 1. The number of hydrazone groups is 1. The molecule has 0 spiro atoms. The molecule has 110 valence electrons. The molecule has 1 aromatic carbocycles. The maximum absolute atomic E-state index is 11.8. The molecule has 3 N–H and O–H groups in total. The van der Waals surface area contributed by atoms with Gasteiger partial charge in [0.2, 0.25) is 0 Å². The Bertz CT molecular complexity index is 654. The van der Waals surface area contributed by atoms with Gasteiger partial charge in [0.05, 0.1) is 17.8 Å². The van der Waals surface area contributed by atoms with E-state index < -0.39 is 6.04 Å². The first-order valence-corrected chi connectivity index (χ1v) is 7.05. The van der Waals surface area contributed by atoms with Gasteiger partial charge in [-0.15, -0.1) is 0 Å². The third-order valence-electron chi connectivity index (χ3n) is 3.58. The van der Waals surface area contributed by atoms with Gasteiger partial charge >= 0.3 is 0 Å². The second-order valence-corrected chi connectivity index (χ2v) is 5.10. The second kappa shape index (κ2) is 6.95. The molecular weight excluding hydrogens is 264 g/mol. The molecule has 0 radical (unpaired) electrons. The van der Waals surface area contributed by atoms with E-state index >= 15 is 0 Å². The number of fused-ring (bicyclic) bond motifs is 1. The summed E-state index contributed by atoms with van der Waals surface area (Å²) in [4.78, 5) is 16.0. The van der Waals surface area contributed by atoms with Crippen molar-refractivity contribution in [3.8, 4) is 0 Å². The summed E-state index contributed by atoms with van der Waals surface area (Å²) in [5.41, 5.74) is 10.1. The Morgan fingerprint density at radius 1 is 1.48 bits per heavy atom. The molecule has 1 amide bonds. The van der Waals surface area contributed by atoms with Crippen molar-refractivity contribution in [3.05, 3.63) is 42.1 Å². The fourth-order valence-corrected chi connectivity index (χ4v) is 1.93. The summed E-state index contributed by atoms with van der Waals surface area (Å²) in [7, 11) is 0. The van der Waals surface area contributed by atoms with Crippen LogP contribution in [-0.4, -0.2) is 23.1 Å². The minimum absolute atomic E-state index is 0.131. The van der Waals surface area contributed by atoms with E-state index in [2.05, 4.69) is 15.5 Å². The first kappa shape index (κ1) is 15.1. The molecule has 2 rings (SSSR count). The van der Waals surface area contributed by atoms with E-state index in [4.69, 9.17) is 5.73 Å². The molecule has 0 aliphatic heterocycles. The van der Waals surface area contributed by atoms with Gasteiger partial charge in [-0.2, -0.15) is 5.10 Å². The number of nitrogens with two attached hydrogens (primary N) is 1. The van der Waals surface area contributed by atoms with Crippen molar-refractivity contribution in [2.45, 2.75) is 26.3 Å². The molecule has 1 aromatic heterocycles. The van der Waals surface area contributed by atoms with E-state index in [1.54, 1.807) is 12.4 Å². The highest BCUT2D eigenvalue weighted by Crippen LogP contribution is 2.11. The van der Waals surface area contributed by atoms with E-state index in [0.717, 1.165) is 22.9 Å². The molecule has 0 aliphatic rings. The van der Waals surface area contributed by atoms with E-state index in [1.807, 2.05) is 44.2 Å². The molecule has 5 nitrogen and oxygen atoms in total. The lowest BCUT2D eigenvalue weighted by atomic mass is 10.00. The van der Waals surface area contributed by atoms with Crippen molar-refractivity contribution in [2.24, 2.45) is 16.8 Å². The summed E-state index contributed by atoms with van der Waals surface area (Å²) in [5.74, 6) is -0.130. The predicted octanol–water partition coefficient (Wildman–Crippen LogP) is 2.06. The number of nitrogens with zero attached hydrogens (tertiary/aromatic N) is 2. The molecule has 0 bridgehead atoms. The number of carbonyl (C=O) groups excluding carboxylic acids is 1. The number of hydrogen-bond acceptors (Lipinski definition) is 4. The van der Waals surface area contributed by atoms with E-state index in [9.17, 15) is 4.79 Å². The Balaban J connectivity index is 2.01. The first-order chi connectivity index (χ1) is 10.1. The number of benzene rings is 1. The van der Waals surface area contributed by atoms with Gasteiger partial charge in [-0.25, -0.2) is 5.43 Å². The Hall–Kier alpha value is -2.27. The third-order valence-corrected chi connectivity index (χ3v) is 3.58. The Morgan fingerprint density at radius 2 is 2.29 bits per heavy atom. The lowest BCUT2D eigenvalue weighted by molar-refractivity contribution is -0.123. The molecule has 1 unspecified atom stereocenters. The topological polar surface area (TPSA) is 80.4 Å². The maximum Gasteiger partial charge on any atom is 0.257 e. The lowest BCUT2D eigenvalue weighted by Crippen LogP contribution is -2.42. The minimum atomic E-state index is -0.534. The van der Waals surface area contributed by atoms with Crippen LogP contribution in [0.1, 0.15) is 25.8 Å². The van der Waals surface area contributed by atoms with Crippen LogP contribution in [-0.2, 0) is 4.79 Å². The molecule has 5 heteroatoms. The standard InChI is InChI=1S/C16H20N4O/c1-3-11(2)15(17)16(21)20-19-10-12-6-7-14-13(9-12)5-4-8-18-14/h4-11,15H,3,17H2,1-2H3,(H,20,21)/t11?,15-/m1/s1. The molecular formula is C16H20N4O. The summed E-state index contributed by atoms with van der Waals surface area (Å²) in [6.07, 6.45) is 4.22. The highest BCUT2D eigenvalue weighted by atomic mass is 16.2. The quantitative estimate of drug-likeness (QED) is 0.651. The van der Waals surface area contributed by atoms with Crippen molar-refractivity contribution in [3.63, 3.8) is 0 Å². The SMILES string of the molecule is CCC(C)[C@@H](N)C(=O)NN=Cc1ccc2ncccc2c1. The van der Waals surface area contributed by atoms with Gasteiger partial charge in [0.1, 0.15) is 0 Å². The van der Waals surface area contributed by atoms with Crippen LogP contribution in [0.5, 0.6) is 0 Å². The van der Waals surface area contributed by atoms with Crippen molar-refractivity contribution >= 4 is 23.0 Å². The van der Waals surface area contributed by atoms with Gasteiger partial charge in [-0.1, -0.05) is 32.4 Å². The zero-order valence-electron chi connectivity index (χ0n) is 12.3. The fourth-order valence-electron chi connectivity index (χ4n) is 1.93. The number of aromatic nitrogens is 1. The maximum atomic E-state index is 11.8. The molecule has 0 fully saturated rings. The van der Waals surface area contributed by atoms with Crippen molar-refractivity contribution in [2.75, 3.05) is 0 Å². The average Bonchev–Trinajstić information content (AvgIpc) is 2.53. The Kier molecular flexibility index (Phi) is 5.00. The van der Waals surface area contributed by atoms with Gasteiger partial charge in [0.15, 0.2) is 0 Å². The molecule has 21 heavy (non-hydrogen) atoms. The number of carbonyl (C=O) groups is 1. The zero-order chi connectivity index (χ0) is 15.2. The number of hydrogen-bond donors (Lipinski definition) is 2. The van der Waals surface area contributed by atoms with Crippen molar-refractivity contribution < 1.29 is 4.79 Å². The fraction of sp³-hybridized carbons (Fsp3) is 0.312. The lowest BCUT2D eigenvalue weighted by Gasteiger charge is -2.15. The van der Waals surface area contributed by atoms with E-state index in [-0.39, 0.29) is 11.8 Å². The van der Waals surface area contributed by atoms with Gasteiger partial charge in [0.25, 0.3) is 5.91 Å². The minimum Gasteiger partial charge on any atom is -0.320 e. The van der Waals surface area contributed by atoms with Crippen molar-refractivity contribution in [1.29, 1.82) is 0 Å². The largest absolute Gasteiger partial charge is 0.320 e. The highest BCUT2D eigenvalue weighted by molar-refractivity contribution is 5.89. The van der Waals surface area contributed by atoms with Gasteiger partial charge < -0.3 is 5.73 Å². The summed E-state index contributed by atoms with van der Waals surface area (Å²) >= 11 is 0. The number of rotatable bonds is 5. The Labute approximate surface area is 124 Å². The van der Waals surface area contributed by atoms with E-state index in [0.29, 0.717) is 0 Å². The van der Waals surface area contributed by atoms with Crippen molar-refractivity contribution in [1.82, 2.24) is 10.4 Å². The zero-order valence-corrected chi connectivity index (χ0v) is 12.3. The van der Waals surface area contributed by atoms with Crippen LogP contribution >= 0.6 is 0 Å². The van der Waals surface area contributed by atoms with Gasteiger partial charge in [-0.05, 0) is 29.7 Å². The molecule has 1 heterocycles. The van der Waals surface area contributed by atoms with Crippen LogP contribution in [0.2, 0.25) is 0 Å². The second-order valence-electron chi connectivity index (χ2n) is 5.10. The van der Waals surface area contributed by atoms with Crippen LogP contribution in [0, 0.1) is 5.92 Å². The summed E-state index contributed by atoms with van der Waals surface area (Å²) in [5, 5.41) is 4.99. The van der Waals surface area contributed by atoms with Gasteiger partial charge in [-0.3, -0.25) is 9.78 Å². The van der Waals surface area contributed by atoms with Crippen LogP contribution in [0.15, 0.2) is 41.6 Å². The summed E-state index contributed by atoms with van der Waals surface area (Å²) < 4.78 is 0. The smallest absolute Gasteiger partial charge is 0.257 e. The molecule has 2 atom stereocenters. The molecule has 0 saturated heterocycles. The Morgan fingerprint density at radius 3 is 3.05 bits per heavy atom. The average molecular weight is 284 g/mol. The van der Waals surface area contributed by atoms with Crippen LogP contribution in [0.4, 0.5) is 0 Å². The van der Waals surface area contributed by atoms with Crippen LogP contribution in [0.3, 0.4) is 0 Å². The predicted molar refractivity (Wildman–Crippen MR) is 84.9 cm³/mol. The molecule has 0 aliphatic carbocycles. The monoisotopic (exact) mass is 284 g/mol. The van der Waals surface area contributed by atoms with Gasteiger partial charge in [0, 0.05) is 11.6 Å². The molecule has 0 saturated carbocycles. The van der Waals surface area contributed by atoms with Crippen LogP contribution in [0.25, 0.3) is 10.9 Å². The normalized spacial score (nSPS) is 14.2. The number of pyridine rings is 1. The summed E-state index contributed by atoms with van der Waals surface area (Å²) in [6, 6.07) is 9.12. The highest BCUT2D eigenvalue weighted by Gasteiger charge is 2.18. The first-order valence-electron chi connectivity index (χ1n) is 7.05. The van der Waals surface area contributed by atoms with E-state index in [1.165, 1.54) is 0 Å². The third kappa shape index (κ3) is 3.86. The van der Waals surface area contributed by atoms with Crippen LogP contribution < -0.4 is 11.2 Å². The molecule has 2 aromatic rings. The number of amides is 1. The summed E-state index contributed by atoms with van der Waals surface area (Å²) in [6.45, 7) is 3.95.